The maximum atomic E-state index is 10.7. The average Bonchev–Trinajstić information content (AvgIpc) is 2.10. The molecule has 0 aromatic heterocycles. The standard InChI is InChI=1S/C9H17NO4/c1-2-3-4-5-6(8(11)12)7(10)9(13)14/h6-7H,2-5,10H2,1H3,(H,11,12)(H,13,14). The van der Waals surface area contributed by atoms with E-state index in [0.29, 0.717) is 12.8 Å². The zero-order valence-electron chi connectivity index (χ0n) is 8.27. The van der Waals surface area contributed by atoms with Gasteiger partial charge in [-0.1, -0.05) is 26.2 Å². The molecule has 0 radical (unpaired) electrons. The summed E-state index contributed by atoms with van der Waals surface area (Å²) in [6.07, 6.45) is 2.90. The molecule has 2 atom stereocenters. The van der Waals surface area contributed by atoms with Gasteiger partial charge in [0.25, 0.3) is 0 Å². The number of unbranched alkanes of at least 4 members (excludes halogenated alkanes) is 2. The van der Waals surface area contributed by atoms with E-state index >= 15 is 0 Å². The van der Waals surface area contributed by atoms with Crippen LogP contribution < -0.4 is 5.73 Å². The molecule has 5 heteroatoms. The van der Waals surface area contributed by atoms with E-state index in [9.17, 15) is 9.59 Å². The van der Waals surface area contributed by atoms with Crippen LogP contribution in [-0.4, -0.2) is 28.2 Å². The van der Waals surface area contributed by atoms with Crippen molar-refractivity contribution < 1.29 is 19.8 Å². The SMILES string of the molecule is CCCCCC(C(=O)O)C(N)C(=O)O. The molecule has 14 heavy (non-hydrogen) atoms. The van der Waals surface area contributed by atoms with Gasteiger partial charge in [0.2, 0.25) is 0 Å². The van der Waals surface area contributed by atoms with E-state index in [0.717, 1.165) is 12.8 Å². The van der Waals surface area contributed by atoms with Gasteiger partial charge in [-0.2, -0.15) is 0 Å². The largest absolute Gasteiger partial charge is 0.481 e. The number of nitrogens with two attached hydrogens (primary N) is 1. The number of hydrogen-bond acceptors (Lipinski definition) is 3. The number of carboxylic acids is 2. The summed E-state index contributed by atoms with van der Waals surface area (Å²) in [6.45, 7) is 1.99. The molecule has 5 nitrogen and oxygen atoms in total. The van der Waals surface area contributed by atoms with Crippen LogP contribution in [0.2, 0.25) is 0 Å². The number of rotatable bonds is 7. The summed E-state index contributed by atoms with van der Waals surface area (Å²) in [5.74, 6) is -3.36. The topological polar surface area (TPSA) is 101 Å². The number of aliphatic carboxylic acids is 2. The van der Waals surface area contributed by atoms with Crippen molar-refractivity contribution in [3.05, 3.63) is 0 Å². The molecule has 0 aliphatic heterocycles. The Bertz CT molecular complexity index is 205. The summed E-state index contributed by atoms with van der Waals surface area (Å²) in [5, 5.41) is 17.3. The van der Waals surface area contributed by atoms with Crippen LogP contribution in [-0.2, 0) is 9.59 Å². The smallest absolute Gasteiger partial charge is 0.321 e. The van der Waals surface area contributed by atoms with Crippen LogP contribution in [0.3, 0.4) is 0 Å². The van der Waals surface area contributed by atoms with E-state index in [1.165, 1.54) is 0 Å². The Morgan fingerprint density at radius 2 is 1.79 bits per heavy atom. The monoisotopic (exact) mass is 203 g/mol. The Balaban J connectivity index is 4.15. The molecular formula is C9H17NO4. The average molecular weight is 203 g/mol. The molecule has 0 spiro atoms. The minimum absolute atomic E-state index is 0.330. The van der Waals surface area contributed by atoms with Crippen LogP contribution in [0.1, 0.15) is 32.6 Å². The first-order valence-corrected chi connectivity index (χ1v) is 4.71. The Hall–Kier alpha value is -1.10. The van der Waals surface area contributed by atoms with Crippen LogP contribution in [0, 0.1) is 5.92 Å². The van der Waals surface area contributed by atoms with Gasteiger partial charge in [-0.25, -0.2) is 0 Å². The molecule has 0 aliphatic rings. The molecule has 0 heterocycles. The molecule has 2 unspecified atom stereocenters. The summed E-state index contributed by atoms with van der Waals surface area (Å²) in [4.78, 5) is 21.2. The molecule has 0 saturated heterocycles. The van der Waals surface area contributed by atoms with Gasteiger partial charge in [0.05, 0.1) is 5.92 Å². The predicted octanol–water partition coefficient (Wildman–Crippen LogP) is 0.679. The van der Waals surface area contributed by atoms with Crippen molar-refractivity contribution in [1.29, 1.82) is 0 Å². The van der Waals surface area contributed by atoms with Crippen molar-refractivity contribution in [3.8, 4) is 0 Å². The lowest BCUT2D eigenvalue weighted by Gasteiger charge is -2.15. The molecule has 0 amide bonds. The highest BCUT2D eigenvalue weighted by molar-refractivity contribution is 5.82. The quantitative estimate of drug-likeness (QED) is 0.528. The predicted molar refractivity (Wildman–Crippen MR) is 50.9 cm³/mol. The summed E-state index contributed by atoms with van der Waals surface area (Å²) >= 11 is 0. The Labute approximate surface area is 82.9 Å². The number of hydrogen-bond donors (Lipinski definition) is 3. The van der Waals surface area contributed by atoms with Gasteiger partial charge in [0.1, 0.15) is 6.04 Å². The Morgan fingerprint density at radius 1 is 1.21 bits per heavy atom. The van der Waals surface area contributed by atoms with E-state index in [-0.39, 0.29) is 0 Å². The van der Waals surface area contributed by atoms with Gasteiger partial charge in [-0.05, 0) is 6.42 Å². The lowest BCUT2D eigenvalue weighted by molar-refractivity contribution is -0.150. The second kappa shape index (κ2) is 6.37. The van der Waals surface area contributed by atoms with Gasteiger partial charge in [0, 0.05) is 0 Å². The van der Waals surface area contributed by atoms with E-state index in [1.54, 1.807) is 0 Å². The molecule has 0 rings (SSSR count). The first-order valence-electron chi connectivity index (χ1n) is 4.71. The minimum Gasteiger partial charge on any atom is -0.481 e. The normalized spacial score (nSPS) is 14.7. The van der Waals surface area contributed by atoms with Crippen molar-refractivity contribution in [2.75, 3.05) is 0 Å². The van der Waals surface area contributed by atoms with Crippen molar-refractivity contribution in [1.82, 2.24) is 0 Å². The third kappa shape index (κ3) is 4.23. The van der Waals surface area contributed by atoms with Crippen molar-refractivity contribution in [2.45, 2.75) is 38.6 Å². The van der Waals surface area contributed by atoms with E-state index < -0.39 is 23.9 Å². The minimum atomic E-state index is -1.30. The zero-order chi connectivity index (χ0) is 11.1. The van der Waals surface area contributed by atoms with Crippen LogP contribution in [0.4, 0.5) is 0 Å². The van der Waals surface area contributed by atoms with Crippen molar-refractivity contribution in [2.24, 2.45) is 11.7 Å². The maximum absolute atomic E-state index is 10.7. The van der Waals surface area contributed by atoms with Gasteiger partial charge in [0.15, 0.2) is 0 Å². The van der Waals surface area contributed by atoms with Gasteiger partial charge in [-0.15, -0.1) is 0 Å². The van der Waals surface area contributed by atoms with Gasteiger partial charge >= 0.3 is 11.9 Å². The van der Waals surface area contributed by atoms with E-state index in [2.05, 4.69) is 0 Å². The van der Waals surface area contributed by atoms with Crippen LogP contribution in [0.5, 0.6) is 0 Å². The molecule has 4 N–H and O–H groups in total. The first kappa shape index (κ1) is 12.9. The van der Waals surface area contributed by atoms with Crippen molar-refractivity contribution >= 4 is 11.9 Å². The summed E-state index contributed by atoms with van der Waals surface area (Å²) < 4.78 is 0. The Morgan fingerprint density at radius 3 is 2.14 bits per heavy atom. The molecule has 82 valence electrons. The van der Waals surface area contributed by atoms with Gasteiger partial charge in [-0.3, -0.25) is 9.59 Å². The lowest BCUT2D eigenvalue weighted by atomic mass is 9.94. The summed E-state index contributed by atoms with van der Waals surface area (Å²) in [6, 6.07) is -1.30. The molecule has 0 bridgehead atoms. The maximum Gasteiger partial charge on any atom is 0.321 e. The number of carbonyl (C=O) groups is 2. The van der Waals surface area contributed by atoms with Gasteiger partial charge < -0.3 is 15.9 Å². The molecule has 0 saturated carbocycles. The lowest BCUT2D eigenvalue weighted by Crippen LogP contribution is -2.41. The fraction of sp³-hybridized carbons (Fsp3) is 0.778. The first-order chi connectivity index (χ1) is 6.50. The van der Waals surface area contributed by atoms with Crippen LogP contribution in [0.25, 0.3) is 0 Å². The highest BCUT2D eigenvalue weighted by Crippen LogP contribution is 2.13. The van der Waals surface area contributed by atoms with Crippen molar-refractivity contribution in [3.63, 3.8) is 0 Å². The highest BCUT2D eigenvalue weighted by Gasteiger charge is 2.29. The molecule has 0 fully saturated rings. The van der Waals surface area contributed by atoms with E-state index in [4.69, 9.17) is 15.9 Å². The highest BCUT2D eigenvalue weighted by atomic mass is 16.4. The second-order valence-electron chi connectivity index (χ2n) is 3.30. The van der Waals surface area contributed by atoms with Crippen LogP contribution in [0.15, 0.2) is 0 Å². The summed E-state index contributed by atoms with van der Waals surface area (Å²) in [7, 11) is 0. The second-order valence-corrected chi connectivity index (χ2v) is 3.30. The molecule has 0 aromatic carbocycles. The van der Waals surface area contributed by atoms with Crippen LogP contribution >= 0.6 is 0 Å². The third-order valence-electron chi connectivity index (χ3n) is 2.15. The fourth-order valence-corrected chi connectivity index (χ4v) is 1.24. The summed E-state index contributed by atoms with van der Waals surface area (Å²) in [5.41, 5.74) is 5.26. The molecule has 0 aromatic rings. The molecule has 0 aliphatic carbocycles. The van der Waals surface area contributed by atoms with E-state index in [1.807, 2.05) is 6.92 Å². The Kier molecular flexibility index (Phi) is 5.87. The third-order valence-corrected chi connectivity index (χ3v) is 2.15. The zero-order valence-corrected chi connectivity index (χ0v) is 8.27. The molecular weight excluding hydrogens is 186 g/mol. The fourth-order valence-electron chi connectivity index (χ4n) is 1.24. The number of carboxylic acid groups (broad SMARTS) is 2.